The number of nitrogens with one attached hydrogen (secondary N) is 1. The molecule has 7 heteroatoms. The maximum absolute atomic E-state index is 12.9. The zero-order chi connectivity index (χ0) is 17.5. The average Bonchev–Trinajstić information content (AvgIpc) is 3.09. The van der Waals surface area contributed by atoms with Crippen LogP contribution in [0.2, 0.25) is 0 Å². The van der Waals surface area contributed by atoms with Crippen LogP contribution in [0.25, 0.3) is 0 Å². The van der Waals surface area contributed by atoms with Crippen LogP contribution < -0.4 is 10.2 Å². The second-order valence-electron chi connectivity index (χ2n) is 6.72. The summed E-state index contributed by atoms with van der Waals surface area (Å²) in [6, 6.07) is 11.0. The van der Waals surface area contributed by atoms with Crippen LogP contribution in [0.4, 0.5) is 10.5 Å². The van der Waals surface area contributed by atoms with Gasteiger partial charge in [0.05, 0.1) is 12.8 Å². The number of anilines is 1. The van der Waals surface area contributed by atoms with Gasteiger partial charge in [-0.15, -0.1) is 0 Å². The first-order valence-corrected chi connectivity index (χ1v) is 8.80. The van der Waals surface area contributed by atoms with E-state index >= 15 is 0 Å². The first kappa shape index (κ1) is 15.2. The van der Waals surface area contributed by atoms with E-state index in [9.17, 15) is 4.79 Å². The van der Waals surface area contributed by atoms with Crippen LogP contribution in [0, 0.1) is 0 Å². The minimum Gasteiger partial charge on any atom is -0.467 e. The molecule has 0 bridgehead atoms. The maximum atomic E-state index is 12.9. The van der Waals surface area contributed by atoms with Gasteiger partial charge in [0.2, 0.25) is 5.89 Å². The number of para-hydroxylation sites is 1. The molecule has 0 radical (unpaired) electrons. The van der Waals surface area contributed by atoms with E-state index in [2.05, 4.69) is 15.5 Å². The first-order chi connectivity index (χ1) is 12.8. The Morgan fingerprint density at radius 1 is 1.23 bits per heavy atom. The fourth-order valence-electron chi connectivity index (χ4n) is 3.39. The predicted molar refractivity (Wildman–Crippen MR) is 92.6 cm³/mol. The van der Waals surface area contributed by atoms with Gasteiger partial charge in [-0.2, -0.15) is 4.98 Å². The summed E-state index contributed by atoms with van der Waals surface area (Å²) >= 11 is 0. The lowest BCUT2D eigenvalue weighted by Gasteiger charge is -2.23. The highest BCUT2D eigenvalue weighted by molar-refractivity contribution is 5.95. The van der Waals surface area contributed by atoms with Crippen molar-refractivity contribution >= 4 is 11.7 Å². The molecule has 1 saturated carbocycles. The van der Waals surface area contributed by atoms with E-state index in [0.29, 0.717) is 30.5 Å². The van der Waals surface area contributed by atoms with Gasteiger partial charge < -0.3 is 14.3 Å². The van der Waals surface area contributed by atoms with Crippen molar-refractivity contribution in [1.82, 2.24) is 15.5 Å². The molecule has 1 aliphatic heterocycles. The van der Waals surface area contributed by atoms with E-state index in [-0.39, 0.29) is 12.1 Å². The van der Waals surface area contributed by atoms with Crippen LogP contribution in [0.1, 0.15) is 47.8 Å². The third kappa shape index (κ3) is 2.65. The van der Waals surface area contributed by atoms with Crippen molar-refractivity contribution in [1.29, 1.82) is 0 Å². The molecular formula is C19H18N4O3. The molecule has 1 fully saturated rings. The van der Waals surface area contributed by atoms with Gasteiger partial charge in [-0.3, -0.25) is 4.90 Å². The molecule has 5 rings (SSSR count). The minimum atomic E-state index is -0.288. The van der Waals surface area contributed by atoms with Crippen molar-refractivity contribution in [2.45, 2.75) is 37.8 Å². The molecule has 0 saturated heterocycles. The van der Waals surface area contributed by atoms with Gasteiger partial charge in [0.25, 0.3) is 0 Å². The molecule has 26 heavy (non-hydrogen) atoms. The number of rotatable bonds is 4. The van der Waals surface area contributed by atoms with Gasteiger partial charge in [-0.05, 0) is 36.6 Å². The Hall–Kier alpha value is -3.09. The molecule has 7 nitrogen and oxygen atoms in total. The average molecular weight is 350 g/mol. The highest BCUT2D eigenvalue weighted by atomic mass is 16.5. The molecule has 1 N–H and O–H groups in total. The van der Waals surface area contributed by atoms with Crippen molar-refractivity contribution < 1.29 is 13.7 Å². The summed E-state index contributed by atoms with van der Waals surface area (Å²) in [6.45, 7) is 0.328. The molecule has 1 atom stereocenters. The third-order valence-corrected chi connectivity index (χ3v) is 4.87. The molecule has 2 amide bonds. The number of amides is 2. The summed E-state index contributed by atoms with van der Waals surface area (Å²) in [6.07, 6.45) is 4.47. The predicted octanol–water partition coefficient (Wildman–Crippen LogP) is 3.55. The van der Waals surface area contributed by atoms with E-state index in [1.165, 1.54) is 0 Å². The lowest BCUT2D eigenvalue weighted by molar-refractivity contribution is 0.241. The van der Waals surface area contributed by atoms with Crippen LogP contribution in [0.5, 0.6) is 0 Å². The smallest absolute Gasteiger partial charge is 0.323 e. The van der Waals surface area contributed by atoms with Crippen LogP contribution in [0.15, 0.2) is 51.6 Å². The summed E-state index contributed by atoms with van der Waals surface area (Å²) in [5, 5.41) is 7.02. The number of carbonyl (C=O) groups is 1. The zero-order valence-corrected chi connectivity index (χ0v) is 14.1. The molecule has 1 unspecified atom stereocenters. The molecule has 3 heterocycles. The number of benzene rings is 1. The highest BCUT2D eigenvalue weighted by Gasteiger charge is 2.39. The Morgan fingerprint density at radius 2 is 2.12 bits per heavy atom. The number of carbonyl (C=O) groups excluding carboxylic acids is 1. The van der Waals surface area contributed by atoms with Gasteiger partial charge in [0.15, 0.2) is 5.82 Å². The number of hydrogen-bond acceptors (Lipinski definition) is 5. The fourth-order valence-corrected chi connectivity index (χ4v) is 3.39. The van der Waals surface area contributed by atoms with E-state index in [1.807, 2.05) is 30.3 Å². The van der Waals surface area contributed by atoms with Crippen molar-refractivity contribution in [2.75, 3.05) is 4.90 Å². The second kappa shape index (κ2) is 6.01. The summed E-state index contributed by atoms with van der Waals surface area (Å²) in [5.74, 6) is 2.37. The van der Waals surface area contributed by atoms with E-state index in [1.54, 1.807) is 17.2 Å². The number of nitrogens with zero attached hydrogens (tertiary/aromatic N) is 3. The van der Waals surface area contributed by atoms with Gasteiger partial charge >= 0.3 is 6.03 Å². The number of fused-ring (bicyclic) bond motifs is 1. The Kier molecular flexibility index (Phi) is 3.51. The standard InChI is InChI=1S/C19H18N4O3/c24-19(20-11-14-5-3-9-25-14)23-15-6-2-1-4-13(15)10-16(23)18-21-17(22-26-18)12-7-8-12/h1-6,9,12,16H,7-8,10-11H2,(H,20,24). The summed E-state index contributed by atoms with van der Waals surface area (Å²) in [4.78, 5) is 19.2. The van der Waals surface area contributed by atoms with E-state index in [4.69, 9.17) is 8.94 Å². The minimum absolute atomic E-state index is 0.206. The zero-order valence-electron chi connectivity index (χ0n) is 14.1. The third-order valence-electron chi connectivity index (χ3n) is 4.87. The highest BCUT2D eigenvalue weighted by Crippen LogP contribution is 2.42. The van der Waals surface area contributed by atoms with E-state index in [0.717, 1.165) is 29.9 Å². The fraction of sp³-hybridized carbons (Fsp3) is 0.316. The molecule has 0 spiro atoms. The SMILES string of the molecule is O=C(NCc1ccco1)N1c2ccccc2CC1c1nc(C2CC2)no1. The lowest BCUT2D eigenvalue weighted by Crippen LogP contribution is -2.40. The van der Waals surface area contributed by atoms with E-state index < -0.39 is 0 Å². The number of urea groups is 1. The first-order valence-electron chi connectivity index (χ1n) is 8.80. The number of furan rings is 1. The van der Waals surface area contributed by atoms with Crippen LogP contribution in [-0.4, -0.2) is 16.2 Å². The van der Waals surface area contributed by atoms with Gasteiger partial charge in [0.1, 0.15) is 11.8 Å². The summed E-state index contributed by atoms with van der Waals surface area (Å²) in [7, 11) is 0. The number of hydrogen-bond donors (Lipinski definition) is 1. The van der Waals surface area contributed by atoms with Gasteiger partial charge in [-0.1, -0.05) is 23.4 Å². The maximum Gasteiger partial charge on any atom is 0.323 e. The lowest BCUT2D eigenvalue weighted by atomic mass is 10.1. The molecule has 2 aliphatic rings. The topological polar surface area (TPSA) is 84.4 Å². The second-order valence-corrected chi connectivity index (χ2v) is 6.72. The molecule has 1 aromatic carbocycles. The molecular weight excluding hydrogens is 332 g/mol. The summed E-state index contributed by atoms with van der Waals surface area (Å²) in [5.41, 5.74) is 1.97. The number of aromatic nitrogens is 2. The van der Waals surface area contributed by atoms with Gasteiger partial charge in [-0.25, -0.2) is 4.79 Å². The molecule has 1 aliphatic carbocycles. The normalized spacial score (nSPS) is 18.8. The Labute approximate surface area is 150 Å². The van der Waals surface area contributed by atoms with Crippen molar-refractivity contribution in [3.63, 3.8) is 0 Å². The quantitative estimate of drug-likeness (QED) is 0.778. The Morgan fingerprint density at radius 3 is 2.92 bits per heavy atom. The molecule has 3 aromatic rings. The van der Waals surface area contributed by atoms with Crippen molar-refractivity contribution in [3.8, 4) is 0 Å². The Balaban J connectivity index is 1.42. The monoisotopic (exact) mass is 350 g/mol. The van der Waals surface area contributed by atoms with Crippen LogP contribution in [-0.2, 0) is 13.0 Å². The molecule has 132 valence electrons. The van der Waals surface area contributed by atoms with Crippen LogP contribution >= 0.6 is 0 Å². The van der Waals surface area contributed by atoms with Crippen molar-refractivity contribution in [3.05, 3.63) is 65.7 Å². The van der Waals surface area contributed by atoms with Gasteiger partial charge in [0, 0.05) is 18.0 Å². The largest absolute Gasteiger partial charge is 0.467 e. The van der Waals surface area contributed by atoms with Crippen molar-refractivity contribution in [2.24, 2.45) is 0 Å². The molecule has 2 aromatic heterocycles. The Bertz CT molecular complexity index is 930. The van der Waals surface area contributed by atoms with Crippen LogP contribution in [0.3, 0.4) is 0 Å². The summed E-state index contributed by atoms with van der Waals surface area (Å²) < 4.78 is 10.8.